The number of pyridine rings is 1. The van der Waals surface area contributed by atoms with Crippen LogP contribution in [0.2, 0.25) is 5.02 Å². The predicted molar refractivity (Wildman–Crippen MR) is 211 cm³/mol. The number of nitrogens with one attached hydrogen (secondary N) is 1. The molecule has 6 rings (SSSR count). The summed E-state index contributed by atoms with van der Waals surface area (Å²) in [5.41, 5.74) is 6.36. The van der Waals surface area contributed by atoms with E-state index in [2.05, 4.69) is 20.2 Å². The van der Waals surface area contributed by atoms with Crippen molar-refractivity contribution in [2.24, 2.45) is 11.7 Å². The van der Waals surface area contributed by atoms with Crippen LogP contribution in [0, 0.1) is 5.92 Å². The zero-order valence-corrected chi connectivity index (χ0v) is 31.8. The van der Waals surface area contributed by atoms with Crippen molar-refractivity contribution in [3.63, 3.8) is 0 Å². The third kappa shape index (κ3) is 9.66. The molecule has 3 heterocycles. The molecule has 288 valence electrons. The van der Waals surface area contributed by atoms with Gasteiger partial charge in [0.05, 0.1) is 52.1 Å². The summed E-state index contributed by atoms with van der Waals surface area (Å²) < 4.78 is 7.28. The minimum absolute atomic E-state index is 0.0563. The van der Waals surface area contributed by atoms with E-state index in [0.717, 1.165) is 18.5 Å². The molecular formula is C41H46ClN7O6. The normalized spacial score (nSPS) is 14.6. The fraction of sp³-hybridized carbons (Fsp3) is 0.366. The van der Waals surface area contributed by atoms with Crippen LogP contribution >= 0.6 is 11.6 Å². The highest BCUT2D eigenvalue weighted by Crippen LogP contribution is 2.28. The van der Waals surface area contributed by atoms with Gasteiger partial charge in [-0.15, -0.1) is 0 Å². The molecule has 2 aromatic heterocycles. The molecule has 0 bridgehead atoms. The number of hydrogen-bond donors (Lipinski definition) is 3. The number of ether oxygens (including phenoxy) is 1. The van der Waals surface area contributed by atoms with E-state index in [1.165, 1.54) is 17.1 Å². The van der Waals surface area contributed by atoms with Gasteiger partial charge in [-0.05, 0) is 76.0 Å². The van der Waals surface area contributed by atoms with Gasteiger partial charge in [-0.3, -0.25) is 28.7 Å². The Morgan fingerprint density at radius 1 is 1.02 bits per heavy atom. The average Bonchev–Trinajstić information content (AvgIpc) is 3.17. The number of amides is 3. The van der Waals surface area contributed by atoms with Crippen LogP contribution in [0.4, 0.5) is 0 Å². The first kappa shape index (κ1) is 39.3. The molecule has 1 fully saturated rings. The first-order valence-electron chi connectivity index (χ1n) is 18.4. The molecule has 1 saturated heterocycles. The van der Waals surface area contributed by atoms with E-state index in [1.54, 1.807) is 41.3 Å². The number of aliphatic hydroxyl groups is 1. The summed E-state index contributed by atoms with van der Waals surface area (Å²) in [5.74, 6) is -0.860. The molecule has 1 aliphatic heterocycles. The summed E-state index contributed by atoms with van der Waals surface area (Å²) in [6, 6.07) is 19.8. The van der Waals surface area contributed by atoms with Crippen molar-refractivity contribution >= 4 is 51.1 Å². The number of fused-ring (bicyclic) bond motifs is 2. The second-order valence-corrected chi connectivity index (χ2v) is 14.8. The van der Waals surface area contributed by atoms with Crippen LogP contribution in [0.25, 0.3) is 21.8 Å². The summed E-state index contributed by atoms with van der Waals surface area (Å²) in [7, 11) is 4.02. The number of hydrogen-bond acceptors (Lipinski definition) is 9. The van der Waals surface area contributed by atoms with Crippen molar-refractivity contribution in [3.05, 3.63) is 111 Å². The van der Waals surface area contributed by atoms with Gasteiger partial charge in [-0.1, -0.05) is 48.0 Å². The van der Waals surface area contributed by atoms with Gasteiger partial charge < -0.3 is 30.7 Å². The lowest BCUT2D eigenvalue weighted by atomic mass is 9.89. The van der Waals surface area contributed by atoms with Crippen LogP contribution in [0.15, 0.2) is 84.0 Å². The van der Waals surface area contributed by atoms with E-state index in [0.29, 0.717) is 78.5 Å². The SMILES string of the molecule is CN(C)CCCOc1ccc2c(=O)n(CC3(O)CCN(C(=O)C(CCNC(=O)c4ccc5c(Cl)c(C(N)=O)cnc5c4)Cc4ccccc4)CC3)cnc2c1. The summed E-state index contributed by atoms with van der Waals surface area (Å²) in [5, 5.41) is 15.6. The predicted octanol–water partition coefficient (Wildman–Crippen LogP) is 4.06. The van der Waals surface area contributed by atoms with E-state index in [-0.39, 0.29) is 41.0 Å². The zero-order chi connectivity index (χ0) is 39.1. The van der Waals surface area contributed by atoms with Crippen LogP contribution in [0.1, 0.15) is 52.0 Å². The van der Waals surface area contributed by atoms with Gasteiger partial charge in [0.2, 0.25) is 5.91 Å². The zero-order valence-electron chi connectivity index (χ0n) is 31.0. The molecule has 13 nitrogen and oxygen atoms in total. The molecule has 14 heteroatoms. The summed E-state index contributed by atoms with van der Waals surface area (Å²) in [6.07, 6.45) is 5.08. The van der Waals surface area contributed by atoms with Crippen molar-refractivity contribution in [3.8, 4) is 5.75 Å². The molecule has 0 spiro atoms. The van der Waals surface area contributed by atoms with E-state index in [4.69, 9.17) is 22.1 Å². The Balaban J connectivity index is 1.07. The van der Waals surface area contributed by atoms with Gasteiger partial charge in [0.1, 0.15) is 5.75 Å². The van der Waals surface area contributed by atoms with Gasteiger partial charge in [-0.25, -0.2) is 4.98 Å². The van der Waals surface area contributed by atoms with E-state index < -0.39 is 17.4 Å². The fourth-order valence-electron chi connectivity index (χ4n) is 6.93. The maximum atomic E-state index is 14.0. The Bertz CT molecular complexity index is 2240. The first-order chi connectivity index (χ1) is 26.4. The third-order valence-corrected chi connectivity index (χ3v) is 10.5. The molecule has 1 atom stereocenters. The molecule has 55 heavy (non-hydrogen) atoms. The lowest BCUT2D eigenvalue weighted by Crippen LogP contribution is -2.51. The summed E-state index contributed by atoms with van der Waals surface area (Å²) >= 11 is 6.34. The number of nitrogens with zero attached hydrogens (tertiary/aromatic N) is 5. The Morgan fingerprint density at radius 2 is 1.75 bits per heavy atom. The molecule has 0 radical (unpaired) electrons. The van der Waals surface area contributed by atoms with Gasteiger partial charge in [0.15, 0.2) is 0 Å². The van der Waals surface area contributed by atoms with Crippen LogP contribution < -0.4 is 21.3 Å². The largest absolute Gasteiger partial charge is 0.493 e. The Labute approximate surface area is 324 Å². The lowest BCUT2D eigenvalue weighted by molar-refractivity contribution is -0.140. The Kier molecular flexibility index (Phi) is 12.4. The Hall–Kier alpha value is -5.37. The molecule has 0 saturated carbocycles. The number of rotatable bonds is 15. The monoisotopic (exact) mass is 767 g/mol. The highest BCUT2D eigenvalue weighted by Gasteiger charge is 2.36. The number of carbonyl (C=O) groups excluding carboxylic acids is 3. The molecule has 1 aliphatic rings. The topological polar surface area (TPSA) is 173 Å². The number of nitrogens with two attached hydrogens (primary N) is 1. The number of carbonyl (C=O) groups is 3. The van der Waals surface area contributed by atoms with Crippen LogP contribution in [-0.2, 0) is 17.8 Å². The van der Waals surface area contributed by atoms with E-state index in [9.17, 15) is 24.3 Å². The molecule has 3 aromatic carbocycles. The second kappa shape index (κ2) is 17.4. The lowest BCUT2D eigenvalue weighted by Gasteiger charge is -2.39. The summed E-state index contributed by atoms with van der Waals surface area (Å²) in [4.78, 5) is 64.8. The van der Waals surface area contributed by atoms with Crippen molar-refractivity contribution in [1.82, 2.24) is 29.7 Å². The van der Waals surface area contributed by atoms with E-state index in [1.807, 2.05) is 44.4 Å². The van der Waals surface area contributed by atoms with Gasteiger partial charge >= 0.3 is 0 Å². The average molecular weight is 768 g/mol. The number of piperidine rings is 1. The fourth-order valence-corrected chi connectivity index (χ4v) is 7.24. The number of likely N-dealkylation sites (tertiary alicyclic amines) is 1. The highest BCUT2D eigenvalue weighted by molar-refractivity contribution is 6.38. The maximum absolute atomic E-state index is 14.0. The third-order valence-electron chi connectivity index (χ3n) is 10.1. The van der Waals surface area contributed by atoms with Crippen molar-refractivity contribution < 1.29 is 24.2 Å². The molecule has 3 amide bonds. The molecule has 0 aliphatic carbocycles. The van der Waals surface area contributed by atoms with Gasteiger partial charge in [0, 0.05) is 55.3 Å². The molecule has 4 N–H and O–H groups in total. The highest BCUT2D eigenvalue weighted by atomic mass is 35.5. The second-order valence-electron chi connectivity index (χ2n) is 14.4. The van der Waals surface area contributed by atoms with Crippen molar-refractivity contribution in [1.29, 1.82) is 0 Å². The van der Waals surface area contributed by atoms with Crippen molar-refractivity contribution in [2.75, 3.05) is 46.9 Å². The van der Waals surface area contributed by atoms with Gasteiger partial charge in [-0.2, -0.15) is 0 Å². The van der Waals surface area contributed by atoms with Crippen molar-refractivity contribution in [2.45, 2.75) is 44.2 Å². The standard InChI is InChI=1S/C41H46ClN7O6/c1-47(2)17-6-20-55-30-10-12-32-35(23-30)46-26-49(40(32)53)25-41(54)14-18-48(19-15-41)39(52)29(21-27-7-4-3-5-8-27)13-16-44-38(51)28-9-11-31-34(22-28)45-24-33(36(31)42)37(43)50/h3-5,7-12,22-24,26,29,54H,6,13-21,25H2,1-2H3,(H2,43,50)(H,44,51). The number of primary amides is 1. The maximum Gasteiger partial charge on any atom is 0.261 e. The quantitative estimate of drug-likeness (QED) is 0.133. The van der Waals surface area contributed by atoms with Crippen LogP contribution in [0.5, 0.6) is 5.75 Å². The molecule has 1 unspecified atom stereocenters. The minimum Gasteiger partial charge on any atom is -0.493 e. The van der Waals surface area contributed by atoms with Crippen LogP contribution in [0.3, 0.4) is 0 Å². The smallest absolute Gasteiger partial charge is 0.261 e. The number of aromatic nitrogens is 3. The molecule has 5 aromatic rings. The molecular weight excluding hydrogens is 722 g/mol. The number of halogens is 1. The van der Waals surface area contributed by atoms with Crippen LogP contribution in [-0.4, -0.2) is 99.6 Å². The van der Waals surface area contributed by atoms with Gasteiger partial charge in [0.25, 0.3) is 17.4 Å². The number of benzene rings is 3. The Morgan fingerprint density at radius 3 is 2.47 bits per heavy atom. The summed E-state index contributed by atoms with van der Waals surface area (Å²) in [6.45, 7) is 2.41. The van der Waals surface area contributed by atoms with E-state index >= 15 is 0 Å². The minimum atomic E-state index is -1.20. The first-order valence-corrected chi connectivity index (χ1v) is 18.8.